The Morgan fingerprint density at radius 1 is 1.24 bits per heavy atom. The first-order chi connectivity index (χ1) is 7.56. The summed E-state index contributed by atoms with van der Waals surface area (Å²) in [7, 11) is 8.32. The topological polar surface area (TPSA) is 6.25 Å². The van der Waals surface area contributed by atoms with E-state index in [0.29, 0.717) is 0 Å². The first-order valence-corrected chi connectivity index (χ1v) is 6.35. The minimum Gasteiger partial charge on any atom is -1.00 e. The second-order valence-corrected chi connectivity index (χ2v) is 5.14. The van der Waals surface area contributed by atoms with Gasteiger partial charge < -0.3 is 24.0 Å². The summed E-state index contributed by atoms with van der Waals surface area (Å²) in [5.74, 6) is 0. The van der Waals surface area contributed by atoms with Gasteiger partial charge in [-0.2, -0.15) is 0 Å². The molecule has 1 rings (SSSR count). The molecule has 0 fully saturated rings. The van der Waals surface area contributed by atoms with Gasteiger partial charge in [-0.1, -0.05) is 25.1 Å². The molecule has 1 aromatic rings. The molecule has 0 heterocycles. The smallest absolute Gasteiger partial charge is 0.312 e. The van der Waals surface area contributed by atoms with Crippen LogP contribution in [0.4, 0.5) is 0 Å². The molecular weight excluding hydrogens is 343 g/mol. The summed E-state index contributed by atoms with van der Waals surface area (Å²) < 4.78 is 2.15. The predicted octanol–water partition coefficient (Wildman–Crippen LogP) is -0.465. The van der Waals surface area contributed by atoms with Crippen molar-refractivity contribution in [2.24, 2.45) is 0 Å². The fourth-order valence-electron chi connectivity index (χ4n) is 1.58. The predicted molar refractivity (Wildman–Crippen MR) is 72.5 cm³/mol. The molecule has 0 N–H and O–H groups in total. The third kappa shape index (κ3) is 4.87. The van der Waals surface area contributed by atoms with E-state index in [1.807, 2.05) is 11.8 Å². The fraction of sp³-hybridized carbons (Fsp3) is 0.462. The highest BCUT2D eigenvalue weighted by molar-refractivity contribution is 8.13. The summed E-state index contributed by atoms with van der Waals surface area (Å²) in [4.78, 5) is 3.50. The van der Waals surface area contributed by atoms with E-state index in [1.54, 1.807) is 0 Å². The quantitative estimate of drug-likeness (QED) is 0.230. The highest BCUT2D eigenvalue weighted by Crippen LogP contribution is 2.24. The molecule has 0 saturated carbocycles. The van der Waals surface area contributed by atoms with Crippen LogP contribution in [0.3, 0.4) is 0 Å². The lowest BCUT2D eigenvalue weighted by molar-refractivity contribution is -0.466. The van der Waals surface area contributed by atoms with E-state index >= 15 is 0 Å². The summed E-state index contributed by atoms with van der Waals surface area (Å²) in [5.41, 5.74) is 1.41. The van der Waals surface area contributed by atoms with Gasteiger partial charge in [0.2, 0.25) is 0 Å². The highest BCUT2D eigenvalue weighted by atomic mass is 127. The summed E-state index contributed by atoms with van der Waals surface area (Å²) in [6.45, 7) is 2.20. The van der Waals surface area contributed by atoms with Crippen LogP contribution in [-0.2, 0) is 6.42 Å². The molecule has 0 aliphatic heterocycles. The van der Waals surface area contributed by atoms with Crippen LogP contribution in [0.1, 0.15) is 12.5 Å². The van der Waals surface area contributed by atoms with Gasteiger partial charge in [-0.05, 0) is 29.8 Å². The van der Waals surface area contributed by atoms with Crippen LogP contribution in [0.15, 0.2) is 29.2 Å². The Balaban J connectivity index is 0.00000256. The SMILES string of the molecule is CCc1ccccc1SC(N(C)C)=[N+](C)C.[I-]. The molecule has 0 aliphatic rings. The molecule has 17 heavy (non-hydrogen) atoms. The number of rotatable bonds is 2. The Labute approximate surface area is 126 Å². The van der Waals surface area contributed by atoms with Crippen molar-refractivity contribution >= 4 is 16.9 Å². The van der Waals surface area contributed by atoms with E-state index in [0.717, 1.165) is 6.42 Å². The Kier molecular flexibility index (Phi) is 7.87. The van der Waals surface area contributed by atoms with E-state index in [9.17, 15) is 0 Å². The van der Waals surface area contributed by atoms with Crippen LogP contribution in [0.25, 0.3) is 0 Å². The molecule has 0 saturated heterocycles. The molecular formula is C13H21IN2S. The Morgan fingerprint density at radius 3 is 2.29 bits per heavy atom. The molecule has 0 unspecified atom stereocenters. The number of benzene rings is 1. The summed E-state index contributed by atoms with van der Waals surface area (Å²) in [5, 5.41) is 1.25. The van der Waals surface area contributed by atoms with Crippen molar-refractivity contribution in [3.8, 4) is 0 Å². The van der Waals surface area contributed by atoms with Gasteiger partial charge in [0.05, 0.1) is 28.2 Å². The Bertz CT molecular complexity index is 385. The molecule has 0 amide bonds. The van der Waals surface area contributed by atoms with E-state index in [-0.39, 0.29) is 24.0 Å². The molecule has 0 spiro atoms. The lowest BCUT2D eigenvalue weighted by atomic mass is 10.2. The second-order valence-electron chi connectivity index (χ2n) is 4.13. The van der Waals surface area contributed by atoms with Crippen molar-refractivity contribution in [3.63, 3.8) is 0 Å². The number of halogens is 1. The Hall–Kier alpha value is -0.230. The lowest BCUT2D eigenvalue weighted by Crippen LogP contribution is -3.00. The van der Waals surface area contributed by atoms with Crippen molar-refractivity contribution in [2.75, 3.05) is 28.2 Å². The third-order valence-electron chi connectivity index (χ3n) is 2.32. The molecule has 0 aromatic heterocycles. The van der Waals surface area contributed by atoms with E-state index in [2.05, 4.69) is 68.9 Å². The van der Waals surface area contributed by atoms with Crippen molar-refractivity contribution in [1.82, 2.24) is 4.90 Å². The van der Waals surface area contributed by atoms with Crippen molar-refractivity contribution in [2.45, 2.75) is 18.2 Å². The van der Waals surface area contributed by atoms with E-state index in [1.165, 1.54) is 15.6 Å². The molecule has 0 bridgehead atoms. The largest absolute Gasteiger partial charge is 1.00 e. The molecule has 4 heteroatoms. The van der Waals surface area contributed by atoms with Gasteiger partial charge in [0.15, 0.2) is 0 Å². The van der Waals surface area contributed by atoms with Gasteiger partial charge in [0.25, 0.3) is 0 Å². The fourth-order valence-corrected chi connectivity index (χ4v) is 2.63. The summed E-state index contributed by atoms with van der Waals surface area (Å²) >= 11 is 1.82. The first kappa shape index (κ1) is 16.8. The van der Waals surface area contributed by atoms with Gasteiger partial charge in [-0.15, -0.1) is 0 Å². The first-order valence-electron chi connectivity index (χ1n) is 5.53. The van der Waals surface area contributed by atoms with Crippen LogP contribution < -0.4 is 24.0 Å². The van der Waals surface area contributed by atoms with Crippen molar-refractivity contribution in [1.29, 1.82) is 0 Å². The zero-order chi connectivity index (χ0) is 12.1. The number of hydrogen-bond donors (Lipinski definition) is 0. The monoisotopic (exact) mass is 364 g/mol. The van der Waals surface area contributed by atoms with Gasteiger partial charge >= 0.3 is 5.17 Å². The molecule has 0 radical (unpaired) electrons. The van der Waals surface area contributed by atoms with E-state index < -0.39 is 0 Å². The van der Waals surface area contributed by atoms with Crippen LogP contribution in [-0.4, -0.2) is 42.8 Å². The van der Waals surface area contributed by atoms with E-state index in [4.69, 9.17) is 0 Å². The standard InChI is InChI=1S/C13H21N2S.HI/c1-6-11-9-7-8-10-12(11)16-13(14(2)3)15(4)5;/h7-10H,6H2,1-5H3;1H/q+1;/p-1. The maximum atomic E-state index is 2.20. The average Bonchev–Trinajstić information content (AvgIpc) is 2.25. The van der Waals surface area contributed by atoms with Crippen LogP contribution in [0, 0.1) is 0 Å². The molecule has 96 valence electrons. The third-order valence-corrected chi connectivity index (χ3v) is 3.85. The van der Waals surface area contributed by atoms with Gasteiger partial charge in [0.1, 0.15) is 0 Å². The minimum absolute atomic E-state index is 0. The Morgan fingerprint density at radius 2 is 1.82 bits per heavy atom. The normalized spacial score (nSPS) is 9.47. The van der Waals surface area contributed by atoms with Gasteiger partial charge in [0, 0.05) is 4.90 Å². The number of nitrogens with zero attached hydrogens (tertiary/aromatic N) is 2. The lowest BCUT2D eigenvalue weighted by Gasteiger charge is -2.12. The zero-order valence-electron chi connectivity index (χ0n) is 11.2. The average molecular weight is 364 g/mol. The van der Waals surface area contributed by atoms with Gasteiger partial charge in [-0.25, -0.2) is 0 Å². The molecule has 2 nitrogen and oxygen atoms in total. The number of hydrogen-bond acceptors (Lipinski definition) is 1. The molecule has 0 aliphatic carbocycles. The maximum Gasteiger partial charge on any atom is 0.312 e. The van der Waals surface area contributed by atoms with Crippen molar-refractivity contribution < 1.29 is 28.6 Å². The molecule has 1 aromatic carbocycles. The number of thioether (sulfide) groups is 1. The number of amidine groups is 1. The van der Waals surface area contributed by atoms with Crippen molar-refractivity contribution in [3.05, 3.63) is 29.8 Å². The number of aryl methyl sites for hydroxylation is 1. The van der Waals surface area contributed by atoms with Crippen LogP contribution in [0.2, 0.25) is 0 Å². The zero-order valence-corrected chi connectivity index (χ0v) is 14.2. The van der Waals surface area contributed by atoms with Crippen LogP contribution >= 0.6 is 11.8 Å². The highest BCUT2D eigenvalue weighted by Gasteiger charge is 2.15. The summed E-state index contributed by atoms with van der Waals surface area (Å²) in [6.07, 6.45) is 1.08. The van der Waals surface area contributed by atoms with Crippen LogP contribution in [0.5, 0.6) is 0 Å². The molecule has 0 atom stereocenters. The summed E-state index contributed by atoms with van der Waals surface area (Å²) in [6, 6.07) is 8.60. The second kappa shape index (κ2) is 7.97. The van der Waals surface area contributed by atoms with Gasteiger partial charge in [-0.3, -0.25) is 9.48 Å². The maximum absolute atomic E-state index is 2.20. The minimum atomic E-state index is 0.